The summed E-state index contributed by atoms with van der Waals surface area (Å²) in [5.41, 5.74) is 0. The normalized spacial score (nSPS) is 21.9. The van der Waals surface area contributed by atoms with Crippen molar-refractivity contribution in [1.82, 2.24) is 9.80 Å². The molecule has 4 amide bonds. The molecule has 1 aliphatic heterocycles. The Morgan fingerprint density at radius 3 is 2.33 bits per heavy atom. The number of urea groups is 1. The van der Waals surface area contributed by atoms with E-state index in [1.165, 1.54) is 0 Å². The minimum Gasteiger partial charge on any atom is -0.263 e. The third-order valence-corrected chi connectivity index (χ3v) is 3.47. The SMILES string of the molecule is C=C(Cl)CN1C(=O)C(=O)N(C2CCCCC2)C1=O. The van der Waals surface area contributed by atoms with Crippen LogP contribution in [0.1, 0.15) is 32.1 Å². The van der Waals surface area contributed by atoms with Crippen LogP contribution in [0.25, 0.3) is 0 Å². The van der Waals surface area contributed by atoms with Crippen molar-refractivity contribution in [3.63, 3.8) is 0 Å². The Hall–Kier alpha value is -1.36. The van der Waals surface area contributed by atoms with Crippen molar-refractivity contribution < 1.29 is 14.4 Å². The third kappa shape index (κ3) is 2.27. The molecular weight excluding hydrogens is 256 g/mol. The lowest BCUT2D eigenvalue weighted by atomic mass is 9.94. The van der Waals surface area contributed by atoms with Gasteiger partial charge in [-0.1, -0.05) is 37.4 Å². The van der Waals surface area contributed by atoms with E-state index in [4.69, 9.17) is 11.6 Å². The number of imide groups is 2. The zero-order valence-electron chi connectivity index (χ0n) is 10.0. The lowest BCUT2D eigenvalue weighted by Gasteiger charge is -2.28. The van der Waals surface area contributed by atoms with Crippen molar-refractivity contribution in [1.29, 1.82) is 0 Å². The highest BCUT2D eigenvalue weighted by Crippen LogP contribution is 2.27. The fourth-order valence-corrected chi connectivity index (χ4v) is 2.61. The van der Waals surface area contributed by atoms with Gasteiger partial charge in [-0.3, -0.25) is 19.4 Å². The quantitative estimate of drug-likeness (QED) is 0.581. The zero-order valence-corrected chi connectivity index (χ0v) is 10.8. The lowest BCUT2D eigenvalue weighted by Crippen LogP contribution is -2.42. The molecule has 1 saturated carbocycles. The number of hydrogen-bond acceptors (Lipinski definition) is 3. The maximum Gasteiger partial charge on any atom is 0.334 e. The Morgan fingerprint density at radius 1 is 1.17 bits per heavy atom. The molecule has 0 bridgehead atoms. The molecule has 6 heteroatoms. The number of rotatable bonds is 3. The van der Waals surface area contributed by atoms with Gasteiger partial charge in [0.05, 0.1) is 6.54 Å². The van der Waals surface area contributed by atoms with Crippen LogP contribution in [0.2, 0.25) is 0 Å². The molecule has 5 nitrogen and oxygen atoms in total. The Balaban J connectivity index is 2.16. The van der Waals surface area contributed by atoms with Crippen LogP contribution in [0.5, 0.6) is 0 Å². The second-order valence-electron chi connectivity index (χ2n) is 4.66. The van der Waals surface area contributed by atoms with Crippen LogP contribution in [0.15, 0.2) is 11.6 Å². The molecule has 0 radical (unpaired) electrons. The van der Waals surface area contributed by atoms with Gasteiger partial charge in [-0.2, -0.15) is 0 Å². The summed E-state index contributed by atoms with van der Waals surface area (Å²) < 4.78 is 0. The fourth-order valence-electron chi connectivity index (χ4n) is 2.49. The van der Waals surface area contributed by atoms with E-state index in [-0.39, 0.29) is 17.6 Å². The second kappa shape index (κ2) is 5.10. The zero-order chi connectivity index (χ0) is 13.3. The molecule has 1 heterocycles. The van der Waals surface area contributed by atoms with Gasteiger partial charge in [0.15, 0.2) is 0 Å². The number of hydrogen-bond donors (Lipinski definition) is 0. The number of halogens is 1. The van der Waals surface area contributed by atoms with Gasteiger partial charge in [0.25, 0.3) is 0 Å². The molecule has 0 aromatic carbocycles. The third-order valence-electron chi connectivity index (χ3n) is 3.35. The standard InChI is InChI=1S/C12H15ClN2O3/c1-8(13)7-14-10(16)11(17)15(12(14)18)9-5-3-2-4-6-9/h9H,1-7H2. The van der Waals surface area contributed by atoms with Gasteiger partial charge < -0.3 is 0 Å². The Bertz CT molecular complexity index is 416. The first-order chi connectivity index (χ1) is 8.52. The van der Waals surface area contributed by atoms with E-state index in [1.54, 1.807) is 0 Å². The van der Waals surface area contributed by atoms with Crippen LogP contribution >= 0.6 is 11.6 Å². The Kier molecular flexibility index (Phi) is 3.71. The Morgan fingerprint density at radius 2 is 1.78 bits per heavy atom. The number of carbonyl (C=O) groups excluding carboxylic acids is 3. The lowest BCUT2D eigenvalue weighted by molar-refractivity contribution is -0.144. The fraction of sp³-hybridized carbons (Fsp3) is 0.583. The average molecular weight is 271 g/mol. The summed E-state index contributed by atoms with van der Waals surface area (Å²) in [6.45, 7) is 3.34. The number of amides is 4. The monoisotopic (exact) mass is 270 g/mol. The van der Waals surface area contributed by atoms with Gasteiger partial charge >= 0.3 is 17.8 Å². The largest absolute Gasteiger partial charge is 0.334 e. The predicted molar refractivity (Wildman–Crippen MR) is 65.8 cm³/mol. The summed E-state index contributed by atoms with van der Waals surface area (Å²) in [6, 6.07) is -0.699. The summed E-state index contributed by atoms with van der Waals surface area (Å²) >= 11 is 5.60. The highest BCUT2D eigenvalue weighted by molar-refractivity contribution is 6.45. The molecule has 0 N–H and O–H groups in total. The minimum absolute atomic E-state index is 0.103. The molecule has 0 aromatic rings. The maximum atomic E-state index is 12.1. The molecule has 18 heavy (non-hydrogen) atoms. The summed E-state index contributed by atoms with van der Waals surface area (Å²) in [4.78, 5) is 37.6. The van der Waals surface area contributed by atoms with Crippen molar-refractivity contribution in [3.05, 3.63) is 11.6 Å². The molecule has 2 aliphatic rings. The van der Waals surface area contributed by atoms with Gasteiger partial charge in [-0.25, -0.2) is 4.79 Å². The average Bonchev–Trinajstić information content (AvgIpc) is 2.54. The van der Waals surface area contributed by atoms with Gasteiger partial charge in [-0.05, 0) is 12.8 Å². The van der Waals surface area contributed by atoms with E-state index in [9.17, 15) is 14.4 Å². The molecule has 0 atom stereocenters. The summed E-state index contributed by atoms with van der Waals surface area (Å²) in [7, 11) is 0. The first-order valence-corrected chi connectivity index (χ1v) is 6.42. The van der Waals surface area contributed by atoms with E-state index in [0.717, 1.165) is 41.9 Å². The van der Waals surface area contributed by atoms with Crippen molar-refractivity contribution in [3.8, 4) is 0 Å². The van der Waals surface area contributed by atoms with Crippen LogP contribution in [0, 0.1) is 0 Å². The van der Waals surface area contributed by atoms with Crippen LogP contribution in [0.3, 0.4) is 0 Å². The summed E-state index contributed by atoms with van der Waals surface area (Å²) in [6.07, 6.45) is 4.64. The first kappa shape index (κ1) is 13.1. The van der Waals surface area contributed by atoms with Crippen molar-refractivity contribution in [2.45, 2.75) is 38.1 Å². The predicted octanol–water partition coefficient (Wildman–Crippen LogP) is 1.86. The molecular formula is C12H15ClN2O3. The van der Waals surface area contributed by atoms with Crippen molar-refractivity contribution >= 4 is 29.4 Å². The minimum atomic E-state index is -0.799. The van der Waals surface area contributed by atoms with Gasteiger partial charge in [-0.15, -0.1) is 0 Å². The van der Waals surface area contributed by atoms with Gasteiger partial charge in [0.1, 0.15) is 0 Å². The molecule has 98 valence electrons. The smallest absolute Gasteiger partial charge is 0.263 e. The van der Waals surface area contributed by atoms with Gasteiger partial charge in [0, 0.05) is 11.1 Å². The van der Waals surface area contributed by atoms with E-state index < -0.39 is 17.8 Å². The van der Waals surface area contributed by atoms with Crippen LogP contribution in [-0.2, 0) is 9.59 Å². The van der Waals surface area contributed by atoms with Gasteiger partial charge in [0.2, 0.25) is 0 Å². The van der Waals surface area contributed by atoms with Crippen LogP contribution < -0.4 is 0 Å². The highest BCUT2D eigenvalue weighted by atomic mass is 35.5. The maximum absolute atomic E-state index is 12.1. The van der Waals surface area contributed by atoms with E-state index >= 15 is 0 Å². The van der Waals surface area contributed by atoms with E-state index in [0.29, 0.717) is 0 Å². The molecule has 2 rings (SSSR count). The van der Waals surface area contributed by atoms with Crippen molar-refractivity contribution in [2.75, 3.05) is 6.54 Å². The Labute approximate surface area is 110 Å². The van der Waals surface area contributed by atoms with Crippen LogP contribution in [0.4, 0.5) is 4.79 Å². The molecule has 0 spiro atoms. The molecule has 0 unspecified atom stereocenters. The second-order valence-corrected chi connectivity index (χ2v) is 5.19. The molecule has 1 saturated heterocycles. The topological polar surface area (TPSA) is 57.7 Å². The first-order valence-electron chi connectivity index (χ1n) is 6.04. The summed E-state index contributed by atoms with van der Waals surface area (Å²) in [5, 5.41) is 0.162. The van der Waals surface area contributed by atoms with E-state index in [2.05, 4.69) is 6.58 Å². The molecule has 2 fully saturated rings. The van der Waals surface area contributed by atoms with Crippen LogP contribution in [-0.4, -0.2) is 40.2 Å². The molecule has 0 aromatic heterocycles. The van der Waals surface area contributed by atoms with Crippen molar-refractivity contribution in [2.24, 2.45) is 0 Å². The summed E-state index contributed by atoms with van der Waals surface area (Å²) in [5.74, 6) is -1.53. The highest BCUT2D eigenvalue weighted by Gasteiger charge is 2.47. The van der Waals surface area contributed by atoms with E-state index in [1.807, 2.05) is 0 Å². The number of nitrogens with zero attached hydrogens (tertiary/aromatic N) is 2. The molecule has 1 aliphatic carbocycles. The number of carbonyl (C=O) groups is 3.